The number of rotatable bonds is 7. The fourth-order valence-electron chi connectivity index (χ4n) is 11.4. The van der Waals surface area contributed by atoms with Crippen molar-refractivity contribution in [3.05, 3.63) is 11.6 Å². The van der Waals surface area contributed by atoms with Crippen LogP contribution in [0.1, 0.15) is 71.6 Å². The molecule has 0 spiro atoms. The van der Waals surface area contributed by atoms with Gasteiger partial charge in [-0.1, -0.05) is 13.8 Å². The normalized spacial score (nSPS) is 54.4. The third-order valence-electron chi connectivity index (χ3n) is 14.2. The van der Waals surface area contributed by atoms with E-state index < -0.39 is 80.2 Å². The fraction of sp³-hybridized carbons (Fsp3) is 0.914. The van der Waals surface area contributed by atoms with Crippen molar-refractivity contribution < 1.29 is 69.3 Å². The molecule has 49 heavy (non-hydrogen) atoms. The molecule has 0 amide bonds. The zero-order valence-electron chi connectivity index (χ0n) is 28.3. The Hall–Kier alpha value is -1.27. The van der Waals surface area contributed by atoms with Crippen LogP contribution in [0.3, 0.4) is 0 Å². The summed E-state index contributed by atoms with van der Waals surface area (Å²) in [5, 5.41) is 84.9. The highest BCUT2D eigenvalue weighted by Gasteiger charge is 2.68. The van der Waals surface area contributed by atoms with Gasteiger partial charge in [0.15, 0.2) is 12.6 Å². The highest BCUT2D eigenvalue weighted by atomic mass is 16.7. The summed E-state index contributed by atoms with van der Waals surface area (Å²) in [6, 6.07) is 0. The van der Waals surface area contributed by atoms with E-state index >= 15 is 0 Å². The Labute approximate surface area is 285 Å². The molecule has 0 aromatic carbocycles. The molecule has 3 heterocycles. The Morgan fingerprint density at radius 1 is 0.776 bits per heavy atom. The van der Waals surface area contributed by atoms with Crippen molar-refractivity contribution >= 4 is 5.97 Å². The van der Waals surface area contributed by atoms with Crippen molar-refractivity contribution in [2.24, 2.45) is 34.5 Å². The molecule has 18 atom stereocenters. The SMILES string of the molecule is C[C@]12CC[C@H](O[C@@H]3O[C@H](CO)[C@@H](O[C@@H]4O[C@H](CO)[C@@H](O)[C@H](O)[C@H]4O)[C@H](O)[C@H]3O)C[C@H]1CC[C@@H]1[C@@H]2CC[C@]2(C)[C@@H](C3=CC(=O)OC3)CC[C@]12O. The zero-order chi connectivity index (χ0) is 35.0. The Morgan fingerprint density at radius 2 is 1.47 bits per heavy atom. The van der Waals surface area contributed by atoms with Gasteiger partial charge in [0.05, 0.1) is 24.9 Å². The Kier molecular flexibility index (Phi) is 9.80. The monoisotopic (exact) mass is 698 g/mol. The van der Waals surface area contributed by atoms with Crippen LogP contribution in [0.4, 0.5) is 0 Å². The lowest BCUT2D eigenvalue weighted by Crippen LogP contribution is -2.65. The summed E-state index contributed by atoms with van der Waals surface area (Å²) in [6.07, 6.45) is -5.96. The number of carbonyl (C=O) groups excluding carboxylic acids is 1. The largest absolute Gasteiger partial charge is 0.458 e. The van der Waals surface area contributed by atoms with E-state index in [4.69, 9.17) is 23.7 Å². The van der Waals surface area contributed by atoms with Gasteiger partial charge in [-0.25, -0.2) is 4.79 Å². The second-order valence-corrected chi connectivity index (χ2v) is 16.3. The van der Waals surface area contributed by atoms with E-state index in [1.165, 1.54) is 0 Å². The highest BCUT2D eigenvalue weighted by molar-refractivity contribution is 5.85. The van der Waals surface area contributed by atoms with Crippen molar-refractivity contribution in [2.75, 3.05) is 19.8 Å². The number of hydrogen-bond donors (Lipinski definition) is 8. The van der Waals surface area contributed by atoms with E-state index in [2.05, 4.69) is 13.8 Å². The molecule has 14 nitrogen and oxygen atoms in total. The zero-order valence-corrected chi connectivity index (χ0v) is 28.3. The number of fused-ring (bicyclic) bond motifs is 5. The first-order chi connectivity index (χ1) is 23.3. The van der Waals surface area contributed by atoms with E-state index in [-0.39, 0.29) is 34.7 Å². The van der Waals surface area contributed by atoms with Gasteiger partial charge in [-0.05, 0) is 92.4 Å². The van der Waals surface area contributed by atoms with Crippen LogP contribution >= 0.6 is 0 Å². The second-order valence-electron chi connectivity index (χ2n) is 16.3. The van der Waals surface area contributed by atoms with Gasteiger partial charge in [0.25, 0.3) is 0 Å². The molecule has 2 saturated heterocycles. The molecule has 3 aliphatic heterocycles. The number of carbonyl (C=O) groups is 1. The summed E-state index contributed by atoms with van der Waals surface area (Å²) < 4.78 is 28.6. The van der Waals surface area contributed by atoms with Crippen LogP contribution in [0, 0.1) is 34.5 Å². The number of ether oxygens (including phenoxy) is 5. The topological polar surface area (TPSA) is 225 Å². The van der Waals surface area contributed by atoms with Crippen molar-refractivity contribution in [3.63, 3.8) is 0 Å². The minimum atomic E-state index is -1.74. The summed E-state index contributed by atoms with van der Waals surface area (Å²) in [6.45, 7) is 3.60. The maximum atomic E-state index is 12.5. The summed E-state index contributed by atoms with van der Waals surface area (Å²) in [5.41, 5.74) is -0.0991. The quantitative estimate of drug-likeness (QED) is 0.121. The van der Waals surface area contributed by atoms with E-state index in [0.29, 0.717) is 24.9 Å². The minimum absolute atomic E-state index is 0.00679. The van der Waals surface area contributed by atoms with Crippen molar-refractivity contribution in [2.45, 2.75) is 145 Å². The Balaban J connectivity index is 0.990. The van der Waals surface area contributed by atoms with Crippen LogP contribution in [0.2, 0.25) is 0 Å². The standard InChI is InChI=1S/C35H54O14/c1-33-8-5-18(46-31-29(43)27(41)30(23(14-37)48-31)49-32-28(42)26(40)25(39)22(13-36)47-32)12-17(33)3-4-21-20(33)6-9-34(2)19(7-10-35(21,34)44)16-11-24(38)45-15-16/h11,17-23,25-32,36-37,39-44H,3-10,12-15H2,1-2H3/t17-,18+,19-,20+,21-,22-,23-,25-,26+,27-,28-,29-,30-,31-,32+,33+,34-,35+/m1/s1. The van der Waals surface area contributed by atoms with E-state index in [1.54, 1.807) is 6.08 Å². The van der Waals surface area contributed by atoms with Crippen molar-refractivity contribution in [1.29, 1.82) is 0 Å². The van der Waals surface area contributed by atoms with Gasteiger partial charge in [0, 0.05) is 11.5 Å². The van der Waals surface area contributed by atoms with Crippen LogP contribution in [0.5, 0.6) is 0 Å². The maximum absolute atomic E-state index is 12.5. The molecule has 0 aromatic rings. The summed E-state index contributed by atoms with van der Waals surface area (Å²) in [5.74, 6) is 0.683. The van der Waals surface area contributed by atoms with Gasteiger partial charge in [-0.2, -0.15) is 0 Å². The number of cyclic esters (lactones) is 1. The molecule has 0 radical (unpaired) electrons. The predicted octanol–water partition coefficient (Wildman–Crippen LogP) is -0.747. The van der Waals surface area contributed by atoms with Gasteiger partial charge in [0.2, 0.25) is 0 Å². The molecule has 4 saturated carbocycles. The predicted molar refractivity (Wildman–Crippen MR) is 167 cm³/mol. The van der Waals surface area contributed by atoms with Crippen LogP contribution < -0.4 is 0 Å². The summed E-state index contributed by atoms with van der Waals surface area (Å²) in [7, 11) is 0. The van der Waals surface area contributed by atoms with E-state index in [1.807, 2.05) is 0 Å². The van der Waals surface area contributed by atoms with Gasteiger partial charge in [0.1, 0.15) is 55.4 Å². The smallest absolute Gasteiger partial charge is 0.331 e. The highest BCUT2D eigenvalue weighted by Crippen LogP contribution is 2.70. The molecular formula is C35H54O14. The van der Waals surface area contributed by atoms with Crippen LogP contribution in [-0.4, -0.2) is 140 Å². The van der Waals surface area contributed by atoms with Crippen molar-refractivity contribution in [3.8, 4) is 0 Å². The summed E-state index contributed by atoms with van der Waals surface area (Å²) in [4.78, 5) is 11.9. The first-order valence-electron chi connectivity index (χ1n) is 18.1. The number of aliphatic hydroxyl groups is 8. The third-order valence-corrected chi connectivity index (χ3v) is 14.2. The second kappa shape index (κ2) is 13.3. The molecule has 14 heteroatoms. The first kappa shape index (κ1) is 36.1. The molecule has 6 fully saturated rings. The maximum Gasteiger partial charge on any atom is 0.331 e. The average Bonchev–Trinajstić information content (AvgIpc) is 3.63. The van der Waals surface area contributed by atoms with E-state index in [0.717, 1.165) is 56.9 Å². The number of esters is 1. The molecule has 7 rings (SSSR count). The fourth-order valence-corrected chi connectivity index (χ4v) is 11.4. The minimum Gasteiger partial charge on any atom is -0.458 e. The van der Waals surface area contributed by atoms with Gasteiger partial charge in [-0.3, -0.25) is 0 Å². The first-order valence-corrected chi connectivity index (χ1v) is 18.1. The summed E-state index contributed by atoms with van der Waals surface area (Å²) >= 11 is 0. The molecular weight excluding hydrogens is 644 g/mol. The number of hydrogen-bond acceptors (Lipinski definition) is 14. The molecule has 7 aliphatic rings. The molecule has 0 unspecified atom stereocenters. The lowest BCUT2D eigenvalue weighted by atomic mass is 9.43. The van der Waals surface area contributed by atoms with E-state index in [9.17, 15) is 45.6 Å². The van der Waals surface area contributed by atoms with Gasteiger partial charge >= 0.3 is 5.97 Å². The molecule has 8 N–H and O–H groups in total. The number of aliphatic hydroxyl groups excluding tert-OH is 7. The average molecular weight is 699 g/mol. The van der Waals surface area contributed by atoms with Crippen molar-refractivity contribution in [1.82, 2.24) is 0 Å². The van der Waals surface area contributed by atoms with Gasteiger partial charge in [-0.15, -0.1) is 0 Å². The lowest BCUT2D eigenvalue weighted by Gasteiger charge is -2.64. The molecule has 278 valence electrons. The molecule has 0 aromatic heterocycles. The van der Waals surface area contributed by atoms with Gasteiger partial charge < -0.3 is 64.5 Å². The molecule has 4 aliphatic carbocycles. The van der Waals surface area contributed by atoms with Crippen LogP contribution in [-0.2, 0) is 28.5 Å². The Morgan fingerprint density at radius 3 is 2.16 bits per heavy atom. The lowest BCUT2D eigenvalue weighted by molar-refractivity contribution is -0.364. The Bertz CT molecular complexity index is 1260. The third kappa shape index (κ3) is 5.73. The van der Waals surface area contributed by atoms with Crippen LogP contribution in [0.25, 0.3) is 0 Å². The molecule has 0 bridgehead atoms. The van der Waals surface area contributed by atoms with Crippen LogP contribution in [0.15, 0.2) is 11.6 Å².